The Balaban J connectivity index is 1.96. The van der Waals surface area contributed by atoms with Crippen molar-refractivity contribution in [1.29, 1.82) is 0 Å². The van der Waals surface area contributed by atoms with Gasteiger partial charge >= 0.3 is 0 Å². The van der Waals surface area contributed by atoms with Gasteiger partial charge in [0.2, 0.25) is 0 Å². The van der Waals surface area contributed by atoms with Crippen LogP contribution >= 0.6 is 11.6 Å². The van der Waals surface area contributed by atoms with E-state index >= 15 is 0 Å². The minimum Gasteiger partial charge on any atom is -0.373 e. The van der Waals surface area contributed by atoms with Crippen LogP contribution in [0.1, 0.15) is 18.4 Å². The highest BCUT2D eigenvalue weighted by molar-refractivity contribution is 6.33. The minimum atomic E-state index is 0.668. The second kappa shape index (κ2) is 7.30. The van der Waals surface area contributed by atoms with E-state index < -0.39 is 0 Å². The molecule has 2 rings (SSSR count). The summed E-state index contributed by atoms with van der Waals surface area (Å²) >= 11 is 6.41. The summed E-state index contributed by atoms with van der Waals surface area (Å²) in [6.45, 7) is 4.17. The lowest BCUT2D eigenvalue weighted by molar-refractivity contribution is 0.222. The van der Waals surface area contributed by atoms with Crippen molar-refractivity contribution in [2.75, 3.05) is 45.2 Å². The van der Waals surface area contributed by atoms with Gasteiger partial charge in [-0.15, -0.1) is 0 Å². The highest BCUT2D eigenvalue weighted by Gasteiger charge is 2.19. The summed E-state index contributed by atoms with van der Waals surface area (Å²) in [7, 11) is 4.34. The lowest BCUT2D eigenvalue weighted by Crippen LogP contribution is -2.35. The van der Waals surface area contributed by atoms with Crippen LogP contribution in [0.2, 0.25) is 5.02 Å². The molecule has 0 aromatic heterocycles. The summed E-state index contributed by atoms with van der Waals surface area (Å²) in [6, 6.07) is 6.32. The second-order valence-electron chi connectivity index (χ2n) is 5.95. The Bertz CT molecular complexity index is 428. The van der Waals surface area contributed by atoms with Gasteiger partial charge in [0.15, 0.2) is 0 Å². The van der Waals surface area contributed by atoms with Crippen LogP contribution in [0.15, 0.2) is 18.2 Å². The Morgan fingerprint density at radius 2 is 2.05 bits per heavy atom. The van der Waals surface area contributed by atoms with E-state index in [9.17, 15) is 0 Å². The first kappa shape index (κ1) is 15.6. The zero-order chi connectivity index (χ0) is 14.5. The van der Waals surface area contributed by atoms with Gasteiger partial charge in [-0.1, -0.05) is 17.7 Å². The fourth-order valence-corrected chi connectivity index (χ4v) is 3.26. The predicted molar refractivity (Wildman–Crippen MR) is 87.7 cm³/mol. The third kappa shape index (κ3) is 4.11. The molecule has 1 fully saturated rings. The van der Waals surface area contributed by atoms with Crippen molar-refractivity contribution in [3.05, 3.63) is 28.8 Å². The molecule has 0 spiro atoms. The summed E-state index contributed by atoms with van der Waals surface area (Å²) in [5.41, 5.74) is 7.93. The van der Waals surface area contributed by atoms with Crippen LogP contribution in [-0.2, 0) is 6.42 Å². The predicted octanol–water partition coefficient (Wildman–Crippen LogP) is 2.62. The number of benzene rings is 1. The molecule has 1 saturated heterocycles. The van der Waals surface area contributed by atoms with Crippen molar-refractivity contribution in [2.45, 2.75) is 19.3 Å². The third-order valence-electron chi connectivity index (χ3n) is 4.23. The normalized spacial score (nSPS) is 17.4. The molecule has 0 saturated carbocycles. The van der Waals surface area contributed by atoms with Gasteiger partial charge in [0.25, 0.3) is 0 Å². The Kier molecular flexibility index (Phi) is 5.70. The van der Waals surface area contributed by atoms with Crippen molar-refractivity contribution in [3.8, 4) is 0 Å². The number of anilines is 1. The number of piperidine rings is 1. The number of likely N-dealkylation sites (tertiary alicyclic amines) is 1. The van der Waals surface area contributed by atoms with Crippen LogP contribution in [0.25, 0.3) is 0 Å². The van der Waals surface area contributed by atoms with Gasteiger partial charge in [-0.25, -0.2) is 0 Å². The number of nitrogens with two attached hydrogens (primary N) is 1. The average Bonchev–Trinajstić information content (AvgIpc) is 2.42. The molecule has 0 bridgehead atoms. The van der Waals surface area contributed by atoms with Crippen LogP contribution in [-0.4, -0.2) is 45.2 Å². The number of hydrogen-bond donors (Lipinski definition) is 1. The van der Waals surface area contributed by atoms with Gasteiger partial charge in [0.05, 0.1) is 10.7 Å². The maximum absolute atomic E-state index is 6.41. The molecule has 4 heteroatoms. The molecule has 1 heterocycles. The van der Waals surface area contributed by atoms with Gasteiger partial charge in [0.1, 0.15) is 0 Å². The first-order valence-electron chi connectivity index (χ1n) is 7.48. The molecule has 2 N–H and O–H groups in total. The SMILES string of the molecule is CN1CCC(CN(C)c2ccc(CCN)cc2Cl)CC1. The Morgan fingerprint density at radius 1 is 1.35 bits per heavy atom. The van der Waals surface area contributed by atoms with E-state index in [1.54, 1.807) is 0 Å². The first-order valence-corrected chi connectivity index (χ1v) is 7.86. The van der Waals surface area contributed by atoms with E-state index in [1.165, 1.54) is 31.5 Å². The Morgan fingerprint density at radius 3 is 2.65 bits per heavy atom. The molecular weight excluding hydrogens is 270 g/mol. The van der Waals surface area contributed by atoms with Crippen molar-refractivity contribution in [1.82, 2.24) is 4.90 Å². The zero-order valence-electron chi connectivity index (χ0n) is 12.6. The molecule has 3 nitrogen and oxygen atoms in total. The van der Waals surface area contributed by atoms with Crippen molar-refractivity contribution in [2.24, 2.45) is 11.7 Å². The van der Waals surface area contributed by atoms with Gasteiger partial charge in [-0.2, -0.15) is 0 Å². The van der Waals surface area contributed by atoms with E-state index in [-0.39, 0.29) is 0 Å². The second-order valence-corrected chi connectivity index (χ2v) is 6.36. The molecule has 0 radical (unpaired) electrons. The molecule has 1 aromatic rings. The van der Waals surface area contributed by atoms with Gasteiger partial charge in [-0.05, 0) is 69.6 Å². The van der Waals surface area contributed by atoms with Gasteiger partial charge < -0.3 is 15.5 Å². The topological polar surface area (TPSA) is 32.5 Å². The van der Waals surface area contributed by atoms with E-state index in [0.29, 0.717) is 6.54 Å². The summed E-state index contributed by atoms with van der Waals surface area (Å²) in [5.74, 6) is 0.774. The number of rotatable bonds is 5. The fourth-order valence-electron chi connectivity index (χ4n) is 2.91. The van der Waals surface area contributed by atoms with Crippen molar-refractivity contribution < 1.29 is 0 Å². The van der Waals surface area contributed by atoms with Crippen LogP contribution < -0.4 is 10.6 Å². The average molecular weight is 296 g/mol. The number of hydrogen-bond acceptors (Lipinski definition) is 3. The molecule has 1 aliphatic heterocycles. The smallest absolute Gasteiger partial charge is 0.0642 e. The molecule has 112 valence electrons. The minimum absolute atomic E-state index is 0.668. The van der Waals surface area contributed by atoms with Crippen LogP contribution in [0.4, 0.5) is 5.69 Å². The maximum atomic E-state index is 6.41. The standard InChI is InChI=1S/C16H26ClN3/c1-19-9-6-14(7-10-19)12-20(2)16-4-3-13(5-8-18)11-15(16)17/h3-4,11,14H,5-10,12,18H2,1-2H3. The summed E-state index contributed by atoms with van der Waals surface area (Å²) < 4.78 is 0. The van der Waals surface area contributed by atoms with E-state index in [0.717, 1.165) is 29.6 Å². The molecular formula is C16H26ClN3. The first-order chi connectivity index (χ1) is 9.60. The fraction of sp³-hybridized carbons (Fsp3) is 0.625. The van der Waals surface area contributed by atoms with E-state index in [4.69, 9.17) is 17.3 Å². The highest BCUT2D eigenvalue weighted by Crippen LogP contribution is 2.28. The van der Waals surface area contributed by atoms with Crippen LogP contribution in [0.3, 0.4) is 0 Å². The van der Waals surface area contributed by atoms with Crippen molar-refractivity contribution in [3.63, 3.8) is 0 Å². The molecule has 0 amide bonds. The maximum Gasteiger partial charge on any atom is 0.0642 e. The summed E-state index contributed by atoms with van der Waals surface area (Å²) in [5, 5.41) is 0.839. The molecule has 1 aromatic carbocycles. The van der Waals surface area contributed by atoms with Crippen LogP contribution in [0, 0.1) is 5.92 Å². The molecule has 20 heavy (non-hydrogen) atoms. The molecule has 0 unspecified atom stereocenters. The number of nitrogens with zero attached hydrogens (tertiary/aromatic N) is 2. The lowest BCUT2D eigenvalue weighted by Gasteiger charge is -2.32. The zero-order valence-corrected chi connectivity index (χ0v) is 13.4. The third-order valence-corrected chi connectivity index (χ3v) is 4.53. The quantitative estimate of drug-likeness (QED) is 0.906. The summed E-state index contributed by atoms with van der Waals surface area (Å²) in [6.07, 6.45) is 3.45. The molecule has 0 aliphatic carbocycles. The Hall–Kier alpha value is -0.770. The molecule has 1 aliphatic rings. The Labute approximate surface area is 127 Å². The van der Waals surface area contributed by atoms with Gasteiger partial charge in [0, 0.05) is 13.6 Å². The monoisotopic (exact) mass is 295 g/mol. The van der Waals surface area contributed by atoms with E-state index in [2.05, 4.69) is 42.1 Å². The van der Waals surface area contributed by atoms with Crippen LogP contribution in [0.5, 0.6) is 0 Å². The van der Waals surface area contributed by atoms with E-state index in [1.807, 2.05) is 0 Å². The largest absolute Gasteiger partial charge is 0.373 e. The van der Waals surface area contributed by atoms with Gasteiger partial charge in [-0.3, -0.25) is 0 Å². The van der Waals surface area contributed by atoms with Crippen molar-refractivity contribution >= 4 is 17.3 Å². The summed E-state index contributed by atoms with van der Waals surface area (Å²) in [4.78, 5) is 4.70. The number of halogens is 1. The highest BCUT2D eigenvalue weighted by atomic mass is 35.5. The lowest BCUT2D eigenvalue weighted by atomic mass is 9.96. The molecule has 0 atom stereocenters.